The summed E-state index contributed by atoms with van der Waals surface area (Å²) in [6, 6.07) is -0.867. The van der Waals surface area contributed by atoms with Crippen LogP contribution < -0.4 is 11.1 Å². The molecule has 5 heteroatoms. The van der Waals surface area contributed by atoms with E-state index in [2.05, 4.69) is 10.5 Å². The molecule has 0 radical (unpaired) electrons. The van der Waals surface area contributed by atoms with E-state index in [0.29, 0.717) is 0 Å². The summed E-state index contributed by atoms with van der Waals surface area (Å²) >= 11 is 0. The van der Waals surface area contributed by atoms with Gasteiger partial charge in [0.15, 0.2) is 0 Å². The quantitative estimate of drug-likeness (QED) is 0.536. The normalized spacial score (nSPS) is 12.2. The van der Waals surface area contributed by atoms with E-state index in [-0.39, 0.29) is 0 Å². The van der Waals surface area contributed by atoms with Crippen LogP contribution >= 0.6 is 0 Å². The van der Waals surface area contributed by atoms with Crippen molar-refractivity contribution in [3.63, 3.8) is 0 Å². The number of hydrogen-bond donors (Lipinski definition) is 2. The van der Waals surface area contributed by atoms with Crippen LogP contribution in [0.4, 0.5) is 4.79 Å². The first-order chi connectivity index (χ1) is 4.57. The number of amides is 3. The second-order valence-corrected chi connectivity index (χ2v) is 1.73. The first-order valence-corrected chi connectivity index (χ1v) is 2.71. The predicted octanol–water partition coefficient (Wildman–Crippen LogP) is -0.784. The summed E-state index contributed by atoms with van der Waals surface area (Å²) in [4.78, 5) is 20.7. The van der Waals surface area contributed by atoms with E-state index in [4.69, 9.17) is 0 Å². The van der Waals surface area contributed by atoms with Crippen LogP contribution in [0, 0.1) is 0 Å². The topological polar surface area (TPSA) is 81.4 Å². The van der Waals surface area contributed by atoms with E-state index in [1.54, 1.807) is 0 Å². The van der Waals surface area contributed by atoms with Crippen molar-refractivity contribution in [2.75, 3.05) is 7.11 Å². The molecule has 0 fully saturated rings. The Morgan fingerprint density at radius 1 is 1.60 bits per heavy atom. The molecule has 0 aromatic carbocycles. The third-order valence-corrected chi connectivity index (χ3v) is 0.969. The third kappa shape index (κ3) is 3.03. The lowest BCUT2D eigenvalue weighted by atomic mass is 10.4. The number of nitrogens with one attached hydrogen (secondary N) is 1. The second-order valence-electron chi connectivity index (χ2n) is 1.73. The van der Waals surface area contributed by atoms with E-state index in [0.717, 1.165) is 0 Å². The number of carbonyl (C=O) groups excluding carboxylic acids is 2. The Balaban J connectivity index is 3.73. The van der Waals surface area contributed by atoms with Crippen molar-refractivity contribution in [3.8, 4) is 0 Å². The minimum absolute atomic E-state index is 0.532. The molecule has 1 atom stereocenters. The minimum atomic E-state index is -0.867. The summed E-state index contributed by atoms with van der Waals surface area (Å²) in [6.45, 7) is 1.51. The number of primary amides is 1. The van der Waals surface area contributed by atoms with Crippen LogP contribution in [0.3, 0.4) is 0 Å². The molecule has 0 spiro atoms. The van der Waals surface area contributed by atoms with Gasteiger partial charge in [0.25, 0.3) is 5.91 Å². The highest BCUT2D eigenvalue weighted by atomic mass is 16.5. The van der Waals surface area contributed by atoms with Gasteiger partial charge >= 0.3 is 6.03 Å². The Hall–Kier alpha value is -1.10. The molecule has 0 aromatic heterocycles. The number of rotatable bonds is 2. The summed E-state index contributed by atoms with van der Waals surface area (Å²) in [7, 11) is 1.37. The van der Waals surface area contributed by atoms with Gasteiger partial charge < -0.3 is 10.5 Å². The SMILES string of the molecule is COC(C)C(=O)NC(N)=O. The molecule has 0 bridgehead atoms. The zero-order valence-electron chi connectivity index (χ0n) is 5.88. The Morgan fingerprint density at radius 3 is 2.40 bits per heavy atom. The van der Waals surface area contributed by atoms with E-state index < -0.39 is 18.0 Å². The lowest BCUT2D eigenvalue weighted by Crippen LogP contribution is -2.41. The van der Waals surface area contributed by atoms with Crippen LogP contribution in [0.5, 0.6) is 0 Å². The molecule has 0 aromatic rings. The number of nitrogens with two attached hydrogens (primary N) is 1. The highest BCUT2D eigenvalue weighted by molar-refractivity contribution is 5.95. The highest BCUT2D eigenvalue weighted by Crippen LogP contribution is 1.85. The molecule has 0 rings (SSSR count). The van der Waals surface area contributed by atoms with Crippen molar-refractivity contribution < 1.29 is 14.3 Å². The molecule has 1 unspecified atom stereocenters. The summed E-state index contributed by atoms with van der Waals surface area (Å²) in [5.41, 5.74) is 4.66. The Bertz CT molecular complexity index is 146. The van der Waals surface area contributed by atoms with Gasteiger partial charge in [-0.2, -0.15) is 0 Å². The molecule has 0 saturated carbocycles. The lowest BCUT2D eigenvalue weighted by molar-refractivity contribution is -0.128. The zero-order valence-corrected chi connectivity index (χ0v) is 5.88. The molecule has 58 valence electrons. The van der Waals surface area contributed by atoms with Gasteiger partial charge in [-0.1, -0.05) is 0 Å². The van der Waals surface area contributed by atoms with E-state index in [1.165, 1.54) is 14.0 Å². The Labute approximate surface area is 58.5 Å². The average Bonchev–Trinajstić information content (AvgIpc) is 1.85. The van der Waals surface area contributed by atoms with Gasteiger partial charge in [-0.3, -0.25) is 10.1 Å². The summed E-state index contributed by atoms with van der Waals surface area (Å²) in [5, 5.41) is 1.87. The van der Waals surface area contributed by atoms with Gasteiger partial charge in [-0.15, -0.1) is 0 Å². The molecular weight excluding hydrogens is 136 g/mol. The molecule has 5 nitrogen and oxygen atoms in total. The van der Waals surface area contributed by atoms with Crippen LogP contribution in [0.15, 0.2) is 0 Å². The monoisotopic (exact) mass is 146 g/mol. The maximum Gasteiger partial charge on any atom is 0.318 e. The van der Waals surface area contributed by atoms with Crippen LogP contribution in [0.25, 0.3) is 0 Å². The molecule has 0 aliphatic heterocycles. The van der Waals surface area contributed by atoms with Crippen LogP contribution in [0.2, 0.25) is 0 Å². The number of methoxy groups -OCH3 is 1. The number of ether oxygens (including phenoxy) is 1. The van der Waals surface area contributed by atoms with Gasteiger partial charge in [0, 0.05) is 7.11 Å². The number of hydrogen-bond acceptors (Lipinski definition) is 3. The zero-order chi connectivity index (χ0) is 8.15. The maximum absolute atomic E-state index is 10.6. The van der Waals surface area contributed by atoms with Gasteiger partial charge in [0.05, 0.1) is 0 Å². The highest BCUT2D eigenvalue weighted by Gasteiger charge is 2.11. The standard InChI is InChI=1S/C5H10N2O3/c1-3(10-2)4(8)7-5(6)9/h3H,1-2H3,(H3,6,7,8,9). The van der Waals surface area contributed by atoms with E-state index in [9.17, 15) is 9.59 Å². The first kappa shape index (κ1) is 8.90. The smallest absolute Gasteiger partial charge is 0.318 e. The molecule has 3 N–H and O–H groups in total. The predicted molar refractivity (Wildman–Crippen MR) is 34.2 cm³/mol. The summed E-state index contributed by atoms with van der Waals surface area (Å²) in [5.74, 6) is -0.532. The number of carbonyl (C=O) groups is 2. The average molecular weight is 146 g/mol. The molecular formula is C5H10N2O3. The summed E-state index contributed by atoms with van der Waals surface area (Å²) < 4.78 is 4.59. The second kappa shape index (κ2) is 3.84. The number of imide groups is 1. The van der Waals surface area contributed by atoms with E-state index >= 15 is 0 Å². The van der Waals surface area contributed by atoms with Gasteiger partial charge in [0.2, 0.25) is 0 Å². The summed E-state index contributed by atoms with van der Waals surface area (Å²) in [6.07, 6.45) is -0.646. The van der Waals surface area contributed by atoms with Gasteiger partial charge in [0.1, 0.15) is 6.10 Å². The largest absolute Gasteiger partial charge is 0.372 e. The molecule has 3 amide bonds. The molecule has 0 aliphatic rings. The van der Waals surface area contributed by atoms with Crippen molar-refractivity contribution in [2.24, 2.45) is 5.73 Å². The van der Waals surface area contributed by atoms with Crippen LogP contribution in [0.1, 0.15) is 6.92 Å². The number of urea groups is 1. The van der Waals surface area contributed by atoms with Crippen LogP contribution in [-0.4, -0.2) is 25.2 Å². The van der Waals surface area contributed by atoms with Crippen molar-refractivity contribution in [1.29, 1.82) is 0 Å². The van der Waals surface area contributed by atoms with Gasteiger partial charge in [-0.25, -0.2) is 4.79 Å². The van der Waals surface area contributed by atoms with Crippen molar-refractivity contribution in [3.05, 3.63) is 0 Å². The van der Waals surface area contributed by atoms with Crippen LogP contribution in [-0.2, 0) is 9.53 Å². The fourth-order valence-electron chi connectivity index (χ4n) is 0.330. The van der Waals surface area contributed by atoms with Crippen molar-refractivity contribution >= 4 is 11.9 Å². The fourth-order valence-corrected chi connectivity index (χ4v) is 0.330. The molecule has 10 heavy (non-hydrogen) atoms. The fraction of sp³-hybridized carbons (Fsp3) is 0.600. The van der Waals surface area contributed by atoms with E-state index in [1.807, 2.05) is 5.32 Å². The lowest BCUT2D eigenvalue weighted by Gasteiger charge is -2.06. The third-order valence-electron chi connectivity index (χ3n) is 0.969. The molecule has 0 aliphatic carbocycles. The molecule has 0 heterocycles. The maximum atomic E-state index is 10.6. The Kier molecular flexibility index (Phi) is 3.42. The van der Waals surface area contributed by atoms with Gasteiger partial charge in [-0.05, 0) is 6.92 Å². The molecule has 0 saturated heterocycles. The first-order valence-electron chi connectivity index (χ1n) is 2.71. The minimum Gasteiger partial charge on any atom is -0.372 e. The van der Waals surface area contributed by atoms with Crippen molar-refractivity contribution in [2.45, 2.75) is 13.0 Å². The Morgan fingerprint density at radius 2 is 2.10 bits per heavy atom. The van der Waals surface area contributed by atoms with Crippen molar-refractivity contribution in [1.82, 2.24) is 5.32 Å².